The number of benzene rings is 2. The van der Waals surface area contributed by atoms with Gasteiger partial charge >= 0.3 is 0 Å². The van der Waals surface area contributed by atoms with Crippen LogP contribution in [0.15, 0.2) is 54.7 Å². The molecule has 0 aliphatic carbocycles. The number of anilines is 1. The number of carbonyl (C=O) groups is 1. The van der Waals surface area contributed by atoms with Gasteiger partial charge in [-0.3, -0.25) is 9.78 Å². The third-order valence-electron chi connectivity index (χ3n) is 3.33. The molecule has 0 spiro atoms. The van der Waals surface area contributed by atoms with Crippen LogP contribution >= 0.6 is 22.6 Å². The second kappa shape index (κ2) is 5.81. The second-order valence-electron chi connectivity index (χ2n) is 4.79. The Balaban J connectivity index is 1.97. The number of hydrogen-bond acceptors (Lipinski definition) is 2. The SMILES string of the molecule is Cc1cc(I)ccc1NC(=O)c1cccc2ncccc12. The van der Waals surface area contributed by atoms with E-state index in [-0.39, 0.29) is 5.91 Å². The Morgan fingerprint density at radius 1 is 1.14 bits per heavy atom. The summed E-state index contributed by atoms with van der Waals surface area (Å²) in [5, 5.41) is 3.84. The van der Waals surface area contributed by atoms with Crippen LogP contribution < -0.4 is 5.32 Å². The molecule has 1 N–H and O–H groups in total. The van der Waals surface area contributed by atoms with E-state index in [0.29, 0.717) is 5.56 Å². The molecule has 21 heavy (non-hydrogen) atoms. The van der Waals surface area contributed by atoms with Gasteiger partial charge in [0.25, 0.3) is 5.91 Å². The quantitative estimate of drug-likeness (QED) is 0.662. The van der Waals surface area contributed by atoms with Gasteiger partial charge in [0.1, 0.15) is 0 Å². The average molecular weight is 388 g/mol. The van der Waals surface area contributed by atoms with Crippen molar-refractivity contribution in [1.82, 2.24) is 4.98 Å². The fourth-order valence-electron chi connectivity index (χ4n) is 2.26. The number of fused-ring (bicyclic) bond motifs is 1. The Kier molecular flexibility index (Phi) is 3.88. The largest absolute Gasteiger partial charge is 0.322 e. The summed E-state index contributed by atoms with van der Waals surface area (Å²) >= 11 is 2.26. The van der Waals surface area contributed by atoms with Crippen LogP contribution in [0.4, 0.5) is 5.69 Å². The Labute approximate surface area is 136 Å². The molecule has 1 heterocycles. The Morgan fingerprint density at radius 3 is 2.81 bits per heavy atom. The van der Waals surface area contributed by atoms with Gasteiger partial charge in [0.05, 0.1) is 5.52 Å². The van der Waals surface area contributed by atoms with E-state index in [1.807, 2.05) is 55.5 Å². The number of amides is 1. The lowest BCUT2D eigenvalue weighted by Crippen LogP contribution is -2.13. The lowest BCUT2D eigenvalue weighted by atomic mass is 10.1. The maximum Gasteiger partial charge on any atom is 0.256 e. The molecule has 0 radical (unpaired) electrons. The standard InChI is InChI=1S/C17H13IN2O/c1-11-10-12(18)7-8-15(11)20-17(21)14-4-2-6-16-13(14)5-3-9-19-16/h2-10H,1H3,(H,20,21). The summed E-state index contributed by atoms with van der Waals surface area (Å²) in [6.07, 6.45) is 1.73. The number of aromatic nitrogens is 1. The van der Waals surface area contributed by atoms with Crippen LogP contribution in [-0.2, 0) is 0 Å². The van der Waals surface area contributed by atoms with Crippen molar-refractivity contribution in [2.24, 2.45) is 0 Å². The van der Waals surface area contributed by atoms with Gasteiger partial charge in [0, 0.05) is 26.4 Å². The van der Waals surface area contributed by atoms with E-state index in [1.54, 1.807) is 6.20 Å². The summed E-state index contributed by atoms with van der Waals surface area (Å²) in [4.78, 5) is 16.8. The molecule has 3 nitrogen and oxygen atoms in total. The zero-order valence-electron chi connectivity index (χ0n) is 11.4. The minimum atomic E-state index is -0.113. The van der Waals surface area contributed by atoms with E-state index in [4.69, 9.17) is 0 Å². The first-order chi connectivity index (χ1) is 10.1. The van der Waals surface area contributed by atoms with Crippen molar-refractivity contribution >= 4 is 45.1 Å². The molecule has 0 aliphatic rings. The zero-order valence-corrected chi connectivity index (χ0v) is 13.6. The third kappa shape index (κ3) is 2.90. The monoisotopic (exact) mass is 388 g/mol. The third-order valence-corrected chi connectivity index (χ3v) is 4.00. The molecule has 0 unspecified atom stereocenters. The van der Waals surface area contributed by atoms with Gasteiger partial charge in [-0.2, -0.15) is 0 Å². The first-order valence-corrected chi connectivity index (χ1v) is 7.64. The number of carbonyl (C=O) groups excluding carboxylic acids is 1. The first-order valence-electron chi connectivity index (χ1n) is 6.56. The maximum atomic E-state index is 12.5. The van der Waals surface area contributed by atoms with Crippen molar-refractivity contribution in [3.63, 3.8) is 0 Å². The molecular formula is C17H13IN2O. The Hall–Kier alpha value is -1.95. The van der Waals surface area contributed by atoms with Crippen LogP contribution in [0.5, 0.6) is 0 Å². The number of nitrogens with one attached hydrogen (secondary N) is 1. The summed E-state index contributed by atoms with van der Waals surface area (Å²) in [5.41, 5.74) is 3.35. The van der Waals surface area contributed by atoms with Gasteiger partial charge in [-0.05, 0) is 71.5 Å². The highest BCUT2D eigenvalue weighted by Gasteiger charge is 2.11. The van der Waals surface area contributed by atoms with Gasteiger partial charge in [-0.15, -0.1) is 0 Å². The average Bonchev–Trinajstić information content (AvgIpc) is 2.49. The molecule has 0 saturated carbocycles. The lowest BCUT2D eigenvalue weighted by molar-refractivity contribution is 0.102. The van der Waals surface area contributed by atoms with Gasteiger partial charge in [-0.25, -0.2) is 0 Å². The van der Waals surface area contributed by atoms with Crippen molar-refractivity contribution in [2.45, 2.75) is 6.92 Å². The van der Waals surface area contributed by atoms with Crippen molar-refractivity contribution in [1.29, 1.82) is 0 Å². The van der Waals surface area contributed by atoms with E-state index in [2.05, 4.69) is 32.9 Å². The molecule has 1 amide bonds. The van der Waals surface area contributed by atoms with Crippen LogP contribution in [-0.4, -0.2) is 10.9 Å². The molecule has 0 fully saturated rings. The smallest absolute Gasteiger partial charge is 0.256 e. The molecule has 0 bridgehead atoms. The molecule has 4 heteroatoms. The van der Waals surface area contributed by atoms with E-state index in [0.717, 1.165) is 25.7 Å². The van der Waals surface area contributed by atoms with Crippen molar-refractivity contribution < 1.29 is 4.79 Å². The lowest BCUT2D eigenvalue weighted by Gasteiger charge is -2.10. The number of halogens is 1. The van der Waals surface area contributed by atoms with Crippen molar-refractivity contribution in [2.75, 3.05) is 5.32 Å². The van der Waals surface area contributed by atoms with E-state index >= 15 is 0 Å². The normalized spacial score (nSPS) is 10.6. The van der Waals surface area contributed by atoms with Crippen molar-refractivity contribution in [3.05, 3.63) is 69.4 Å². The van der Waals surface area contributed by atoms with Gasteiger partial charge in [0.2, 0.25) is 0 Å². The molecule has 0 saturated heterocycles. The van der Waals surface area contributed by atoms with Gasteiger partial charge in [0.15, 0.2) is 0 Å². The topological polar surface area (TPSA) is 42.0 Å². The molecular weight excluding hydrogens is 375 g/mol. The highest BCUT2D eigenvalue weighted by Crippen LogP contribution is 2.21. The fraction of sp³-hybridized carbons (Fsp3) is 0.0588. The number of hydrogen-bond donors (Lipinski definition) is 1. The molecule has 1 aromatic heterocycles. The number of nitrogens with zero attached hydrogens (tertiary/aromatic N) is 1. The first kappa shape index (κ1) is 14.0. The zero-order chi connectivity index (χ0) is 14.8. The van der Waals surface area contributed by atoms with Crippen LogP contribution in [0.2, 0.25) is 0 Å². The molecule has 0 atom stereocenters. The number of pyridine rings is 1. The highest BCUT2D eigenvalue weighted by molar-refractivity contribution is 14.1. The van der Waals surface area contributed by atoms with Crippen LogP contribution in [0.3, 0.4) is 0 Å². The molecule has 3 rings (SSSR count). The van der Waals surface area contributed by atoms with Gasteiger partial charge in [-0.1, -0.05) is 12.1 Å². The van der Waals surface area contributed by atoms with Gasteiger partial charge < -0.3 is 5.32 Å². The van der Waals surface area contributed by atoms with E-state index < -0.39 is 0 Å². The molecule has 3 aromatic rings. The predicted molar refractivity (Wildman–Crippen MR) is 93.6 cm³/mol. The summed E-state index contributed by atoms with van der Waals surface area (Å²) in [5.74, 6) is -0.113. The Bertz CT molecular complexity index is 825. The predicted octanol–water partition coefficient (Wildman–Crippen LogP) is 4.40. The van der Waals surface area contributed by atoms with E-state index in [1.165, 1.54) is 0 Å². The summed E-state index contributed by atoms with van der Waals surface area (Å²) < 4.78 is 1.15. The van der Waals surface area contributed by atoms with Crippen LogP contribution in [0.25, 0.3) is 10.9 Å². The molecule has 0 aliphatic heterocycles. The molecule has 104 valence electrons. The Morgan fingerprint density at radius 2 is 2.00 bits per heavy atom. The summed E-state index contributed by atoms with van der Waals surface area (Å²) in [7, 11) is 0. The minimum absolute atomic E-state index is 0.113. The second-order valence-corrected chi connectivity index (χ2v) is 6.03. The highest BCUT2D eigenvalue weighted by atomic mass is 127. The number of rotatable bonds is 2. The molecule has 2 aromatic carbocycles. The van der Waals surface area contributed by atoms with Crippen LogP contribution in [0.1, 0.15) is 15.9 Å². The summed E-state index contributed by atoms with van der Waals surface area (Å²) in [6.45, 7) is 1.99. The fourth-order valence-corrected chi connectivity index (χ4v) is 2.91. The summed E-state index contributed by atoms with van der Waals surface area (Å²) in [6, 6.07) is 15.3. The minimum Gasteiger partial charge on any atom is -0.322 e. The number of aryl methyl sites for hydroxylation is 1. The van der Waals surface area contributed by atoms with Crippen molar-refractivity contribution in [3.8, 4) is 0 Å². The van der Waals surface area contributed by atoms with Crippen LogP contribution in [0, 0.1) is 10.5 Å². The van der Waals surface area contributed by atoms with E-state index in [9.17, 15) is 4.79 Å². The maximum absolute atomic E-state index is 12.5.